The molecule has 7 aromatic carbocycles. The van der Waals surface area contributed by atoms with Crippen molar-refractivity contribution in [1.29, 1.82) is 0 Å². The van der Waals surface area contributed by atoms with E-state index in [1.54, 1.807) is 11.3 Å². The molecule has 11 rings (SSSR count). The number of rotatable bonds is 2. The van der Waals surface area contributed by atoms with Crippen LogP contribution in [0.3, 0.4) is 0 Å². The Morgan fingerprint density at radius 2 is 1.17 bits per heavy atom. The zero-order chi connectivity index (χ0) is 30.6. The van der Waals surface area contributed by atoms with Gasteiger partial charge in [-0.05, 0) is 64.2 Å². The topological polar surface area (TPSA) is 29.0 Å². The number of hydrogen-bond donors (Lipinski definition) is 0. The predicted octanol–water partition coefficient (Wildman–Crippen LogP) is 12.6. The van der Waals surface area contributed by atoms with Crippen LogP contribution in [0.4, 0.5) is 17.3 Å². The molecule has 218 valence electrons. The standard InChI is InChI=1S/C42H23N3S2/c1-2-10-26-23-34-31(21-25(26)9-1)29-15-7-11-24-12-8-16-33(38(24)29)45(34)42-43-39(41-40(44-42)30-14-4-6-18-36(30)47-41)27-19-20-37-32(22-27)28-13-3-5-17-35(28)46-37/h1-23H. The first-order valence-corrected chi connectivity index (χ1v) is 17.4. The maximum Gasteiger partial charge on any atom is 0.235 e. The van der Waals surface area contributed by atoms with Crippen LogP contribution < -0.4 is 4.90 Å². The average Bonchev–Trinajstić information content (AvgIpc) is 3.69. The predicted molar refractivity (Wildman–Crippen MR) is 202 cm³/mol. The minimum Gasteiger partial charge on any atom is -0.278 e. The summed E-state index contributed by atoms with van der Waals surface area (Å²) in [5.41, 5.74) is 7.71. The molecule has 1 aliphatic heterocycles. The lowest BCUT2D eigenvalue weighted by Crippen LogP contribution is -2.18. The van der Waals surface area contributed by atoms with E-state index < -0.39 is 0 Å². The van der Waals surface area contributed by atoms with Gasteiger partial charge < -0.3 is 0 Å². The summed E-state index contributed by atoms with van der Waals surface area (Å²) in [6, 6.07) is 50.6. The average molecular weight is 634 g/mol. The van der Waals surface area contributed by atoms with Gasteiger partial charge in [-0.2, -0.15) is 0 Å². The Labute approximate surface area is 277 Å². The Bertz CT molecular complexity index is 2930. The largest absolute Gasteiger partial charge is 0.278 e. The highest BCUT2D eigenvalue weighted by Crippen LogP contribution is 2.52. The van der Waals surface area contributed by atoms with E-state index in [9.17, 15) is 0 Å². The Kier molecular flexibility index (Phi) is 5.14. The maximum atomic E-state index is 5.53. The molecule has 0 radical (unpaired) electrons. The van der Waals surface area contributed by atoms with Crippen molar-refractivity contribution in [2.75, 3.05) is 4.90 Å². The molecule has 10 aromatic rings. The third kappa shape index (κ3) is 3.61. The lowest BCUT2D eigenvalue weighted by molar-refractivity contribution is 1.12. The van der Waals surface area contributed by atoms with Gasteiger partial charge in [0.25, 0.3) is 0 Å². The van der Waals surface area contributed by atoms with Crippen molar-refractivity contribution in [1.82, 2.24) is 9.97 Å². The molecule has 0 aliphatic carbocycles. The fourth-order valence-corrected chi connectivity index (χ4v) is 9.69. The molecule has 3 aromatic heterocycles. The monoisotopic (exact) mass is 633 g/mol. The van der Waals surface area contributed by atoms with Crippen molar-refractivity contribution in [3.05, 3.63) is 140 Å². The van der Waals surface area contributed by atoms with Gasteiger partial charge in [0, 0.05) is 46.8 Å². The minimum absolute atomic E-state index is 0.685. The second-order valence-corrected chi connectivity index (χ2v) is 14.3. The first kappa shape index (κ1) is 25.6. The van der Waals surface area contributed by atoms with Gasteiger partial charge in [0.05, 0.1) is 27.3 Å². The smallest absolute Gasteiger partial charge is 0.235 e. The zero-order valence-corrected chi connectivity index (χ0v) is 26.6. The Balaban J connectivity index is 1.26. The summed E-state index contributed by atoms with van der Waals surface area (Å²) in [7, 11) is 0. The third-order valence-corrected chi connectivity index (χ3v) is 11.9. The van der Waals surface area contributed by atoms with Crippen LogP contribution in [-0.4, -0.2) is 9.97 Å². The summed E-state index contributed by atoms with van der Waals surface area (Å²) in [6.45, 7) is 0. The van der Waals surface area contributed by atoms with Gasteiger partial charge in [-0.15, -0.1) is 22.7 Å². The SMILES string of the molecule is c1ccc2cc3c(cc2c1)-c1cccc2cccc(c12)N3c1nc(-c2ccc3sc4ccccc4c3c2)c2sc3ccccc3c2n1. The molecule has 0 bridgehead atoms. The van der Waals surface area contributed by atoms with Gasteiger partial charge in [0.1, 0.15) is 0 Å². The van der Waals surface area contributed by atoms with Crippen molar-refractivity contribution >= 4 is 102 Å². The summed E-state index contributed by atoms with van der Waals surface area (Å²) in [5.74, 6) is 0.685. The minimum atomic E-state index is 0.685. The number of benzene rings is 7. The van der Waals surface area contributed by atoms with Gasteiger partial charge in [-0.3, -0.25) is 4.90 Å². The van der Waals surface area contributed by atoms with Gasteiger partial charge in [-0.25, -0.2) is 9.97 Å². The van der Waals surface area contributed by atoms with E-state index >= 15 is 0 Å². The van der Waals surface area contributed by atoms with Crippen LogP contribution >= 0.6 is 22.7 Å². The number of hydrogen-bond acceptors (Lipinski definition) is 5. The Morgan fingerprint density at radius 3 is 2.04 bits per heavy atom. The first-order valence-electron chi connectivity index (χ1n) is 15.7. The van der Waals surface area contributed by atoms with E-state index in [-0.39, 0.29) is 0 Å². The highest BCUT2D eigenvalue weighted by atomic mass is 32.1. The summed E-state index contributed by atoms with van der Waals surface area (Å²) in [5, 5.41) is 8.57. The number of anilines is 3. The van der Waals surface area contributed by atoms with Crippen LogP contribution in [0.5, 0.6) is 0 Å². The van der Waals surface area contributed by atoms with Gasteiger partial charge in [-0.1, -0.05) is 97.1 Å². The molecule has 0 atom stereocenters. The van der Waals surface area contributed by atoms with E-state index in [2.05, 4.69) is 144 Å². The molecule has 0 unspecified atom stereocenters. The van der Waals surface area contributed by atoms with Crippen molar-refractivity contribution in [3.63, 3.8) is 0 Å². The highest BCUT2D eigenvalue weighted by Gasteiger charge is 2.29. The van der Waals surface area contributed by atoms with E-state index in [1.165, 1.54) is 57.5 Å². The number of nitrogens with zero attached hydrogens (tertiary/aromatic N) is 3. The summed E-state index contributed by atoms with van der Waals surface area (Å²) >= 11 is 3.62. The number of aromatic nitrogens is 2. The molecule has 0 fully saturated rings. The van der Waals surface area contributed by atoms with Crippen molar-refractivity contribution in [2.45, 2.75) is 0 Å². The molecular formula is C42H23N3S2. The molecule has 0 saturated heterocycles. The number of thiophene rings is 2. The van der Waals surface area contributed by atoms with E-state index in [1.807, 2.05) is 11.3 Å². The quantitative estimate of drug-likeness (QED) is 0.190. The van der Waals surface area contributed by atoms with E-state index in [0.29, 0.717) is 5.95 Å². The zero-order valence-electron chi connectivity index (χ0n) is 24.9. The molecule has 0 amide bonds. The van der Waals surface area contributed by atoms with Crippen LogP contribution in [0, 0.1) is 0 Å². The highest BCUT2D eigenvalue weighted by molar-refractivity contribution is 7.26. The fourth-order valence-electron chi connectivity index (χ4n) is 7.45. The van der Waals surface area contributed by atoms with Crippen LogP contribution in [0.2, 0.25) is 0 Å². The fraction of sp³-hybridized carbons (Fsp3) is 0. The molecule has 5 heteroatoms. The van der Waals surface area contributed by atoms with Gasteiger partial charge >= 0.3 is 0 Å². The summed E-state index contributed by atoms with van der Waals surface area (Å²) < 4.78 is 4.92. The third-order valence-electron chi connectivity index (χ3n) is 9.58. The summed E-state index contributed by atoms with van der Waals surface area (Å²) in [6.07, 6.45) is 0. The Morgan fingerprint density at radius 1 is 0.468 bits per heavy atom. The lowest BCUT2D eigenvalue weighted by atomic mass is 9.90. The van der Waals surface area contributed by atoms with Crippen LogP contribution in [0.15, 0.2) is 140 Å². The van der Waals surface area contributed by atoms with Gasteiger partial charge in [0.15, 0.2) is 0 Å². The molecule has 0 spiro atoms. The van der Waals surface area contributed by atoms with E-state index in [0.717, 1.165) is 38.2 Å². The van der Waals surface area contributed by atoms with Crippen LogP contribution in [0.25, 0.3) is 84.4 Å². The summed E-state index contributed by atoms with van der Waals surface area (Å²) in [4.78, 5) is 13.3. The number of fused-ring (bicyclic) bond motifs is 9. The van der Waals surface area contributed by atoms with Crippen molar-refractivity contribution < 1.29 is 0 Å². The Hall–Kier alpha value is -5.62. The molecule has 3 nitrogen and oxygen atoms in total. The van der Waals surface area contributed by atoms with Crippen molar-refractivity contribution in [2.24, 2.45) is 0 Å². The van der Waals surface area contributed by atoms with Crippen LogP contribution in [0.1, 0.15) is 0 Å². The van der Waals surface area contributed by atoms with Crippen LogP contribution in [-0.2, 0) is 0 Å². The van der Waals surface area contributed by atoms with Crippen molar-refractivity contribution in [3.8, 4) is 22.4 Å². The van der Waals surface area contributed by atoms with Gasteiger partial charge in [0.2, 0.25) is 5.95 Å². The molecule has 47 heavy (non-hydrogen) atoms. The second-order valence-electron chi connectivity index (χ2n) is 12.2. The first-order chi connectivity index (χ1) is 23.3. The molecular weight excluding hydrogens is 611 g/mol. The van der Waals surface area contributed by atoms with E-state index in [4.69, 9.17) is 9.97 Å². The normalized spacial score (nSPS) is 12.6. The molecule has 0 N–H and O–H groups in total. The molecule has 4 heterocycles. The lowest BCUT2D eigenvalue weighted by Gasteiger charge is -2.32. The second kappa shape index (κ2) is 9.46. The molecule has 0 saturated carbocycles. The molecule has 1 aliphatic rings. The maximum absolute atomic E-state index is 5.53.